The number of hydrogen-bond donors (Lipinski definition) is 7. The molecule has 4 amide bonds. The first-order chi connectivity index (χ1) is 13.9. The maximum Gasteiger partial charge on any atom is 0.326 e. The summed E-state index contributed by atoms with van der Waals surface area (Å²) in [6.45, 7) is 3.30. The molecular weight excluding hydrogens is 434 g/mol. The van der Waals surface area contributed by atoms with E-state index in [1.54, 1.807) is 13.8 Å². The van der Waals surface area contributed by atoms with Gasteiger partial charge in [0, 0.05) is 5.75 Å². The zero-order valence-electron chi connectivity index (χ0n) is 17.2. The van der Waals surface area contributed by atoms with Crippen molar-refractivity contribution >= 4 is 54.0 Å². The fourth-order valence-electron chi connectivity index (χ4n) is 2.33. The average molecular weight is 466 g/mol. The highest BCUT2D eigenvalue weighted by molar-refractivity contribution is 7.98. The predicted molar refractivity (Wildman–Crippen MR) is 117 cm³/mol. The first-order valence-corrected chi connectivity index (χ1v) is 11.2. The molecule has 0 fully saturated rings. The fraction of sp³-hybridized carbons (Fsp3) is 0.706. The van der Waals surface area contributed by atoms with E-state index in [2.05, 4.69) is 28.6 Å². The van der Waals surface area contributed by atoms with Crippen LogP contribution in [0.25, 0.3) is 0 Å². The second kappa shape index (κ2) is 14.1. The largest absolute Gasteiger partial charge is 0.480 e. The first kappa shape index (κ1) is 28.0. The highest BCUT2D eigenvalue weighted by Crippen LogP contribution is 2.06. The third-order valence-electron chi connectivity index (χ3n) is 4.05. The van der Waals surface area contributed by atoms with Gasteiger partial charge in [-0.2, -0.15) is 24.4 Å². The van der Waals surface area contributed by atoms with E-state index in [9.17, 15) is 29.1 Å². The van der Waals surface area contributed by atoms with Crippen LogP contribution in [-0.4, -0.2) is 76.6 Å². The maximum atomic E-state index is 12.6. The van der Waals surface area contributed by atoms with E-state index in [-0.39, 0.29) is 18.1 Å². The number of thiol groups is 1. The van der Waals surface area contributed by atoms with Gasteiger partial charge in [-0.1, -0.05) is 13.8 Å². The topological polar surface area (TPSA) is 194 Å². The molecule has 0 rings (SSSR count). The molecule has 4 unspecified atom stereocenters. The summed E-state index contributed by atoms with van der Waals surface area (Å²) in [5.41, 5.74) is 10.6. The van der Waals surface area contributed by atoms with Gasteiger partial charge in [0.05, 0.1) is 12.5 Å². The summed E-state index contributed by atoms with van der Waals surface area (Å²) in [6, 6.07) is -4.47. The van der Waals surface area contributed by atoms with Crippen LogP contribution in [0.4, 0.5) is 0 Å². The number of amides is 4. The van der Waals surface area contributed by atoms with E-state index in [0.29, 0.717) is 5.75 Å². The van der Waals surface area contributed by atoms with Gasteiger partial charge in [-0.3, -0.25) is 19.2 Å². The zero-order chi connectivity index (χ0) is 23.4. The molecule has 0 aromatic rings. The molecule has 0 saturated carbocycles. The number of carbonyl (C=O) groups is 5. The lowest BCUT2D eigenvalue weighted by Crippen LogP contribution is -2.58. The lowest BCUT2D eigenvalue weighted by Gasteiger charge is -2.25. The fourth-order valence-corrected chi connectivity index (χ4v) is 3.06. The van der Waals surface area contributed by atoms with Gasteiger partial charge in [0.1, 0.15) is 18.1 Å². The molecule has 0 radical (unpaired) electrons. The molecule has 0 heterocycles. The highest BCUT2D eigenvalue weighted by atomic mass is 32.2. The van der Waals surface area contributed by atoms with E-state index in [0.717, 1.165) is 0 Å². The summed E-state index contributed by atoms with van der Waals surface area (Å²) in [5, 5.41) is 16.6. The Morgan fingerprint density at radius 3 is 1.97 bits per heavy atom. The lowest BCUT2D eigenvalue weighted by molar-refractivity contribution is -0.143. The second-order valence-electron chi connectivity index (χ2n) is 6.93. The van der Waals surface area contributed by atoms with Crippen molar-refractivity contribution in [2.75, 3.05) is 17.8 Å². The quantitative estimate of drug-likeness (QED) is 0.144. The summed E-state index contributed by atoms with van der Waals surface area (Å²) in [5.74, 6) is -3.98. The van der Waals surface area contributed by atoms with Crippen LogP contribution in [0.15, 0.2) is 0 Å². The number of hydrogen-bond acceptors (Lipinski definition) is 8. The van der Waals surface area contributed by atoms with Crippen LogP contribution in [-0.2, 0) is 24.0 Å². The van der Waals surface area contributed by atoms with Gasteiger partial charge in [-0.25, -0.2) is 4.79 Å². The summed E-state index contributed by atoms with van der Waals surface area (Å²) in [7, 11) is 0. The van der Waals surface area contributed by atoms with Crippen LogP contribution in [0.5, 0.6) is 0 Å². The summed E-state index contributed by atoms with van der Waals surface area (Å²) in [4.78, 5) is 59.4. The number of aliphatic carboxylic acids is 1. The Balaban J connectivity index is 5.21. The number of nitrogens with two attached hydrogens (primary N) is 2. The molecule has 0 aromatic carbocycles. The van der Waals surface area contributed by atoms with Crippen LogP contribution >= 0.6 is 24.4 Å². The van der Waals surface area contributed by atoms with Gasteiger partial charge >= 0.3 is 5.97 Å². The summed E-state index contributed by atoms with van der Waals surface area (Å²) < 4.78 is 0. The second-order valence-corrected chi connectivity index (χ2v) is 8.28. The molecule has 8 N–H and O–H groups in total. The van der Waals surface area contributed by atoms with Gasteiger partial charge in [0.25, 0.3) is 0 Å². The highest BCUT2D eigenvalue weighted by Gasteiger charge is 2.30. The maximum absolute atomic E-state index is 12.6. The van der Waals surface area contributed by atoms with Gasteiger partial charge in [0.15, 0.2) is 0 Å². The Morgan fingerprint density at radius 2 is 1.53 bits per heavy atom. The van der Waals surface area contributed by atoms with Crippen LogP contribution in [0.3, 0.4) is 0 Å². The molecule has 11 nitrogen and oxygen atoms in total. The molecule has 0 aliphatic rings. The average Bonchev–Trinajstić information content (AvgIpc) is 2.65. The molecule has 0 aliphatic carbocycles. The Bertz CT molecular complexity index is 634. The van der Waals surface area contributed by atoms with Crippen LogP contribution < -0.4 is 27.4 Å². The van der Waals surface area contributed by atoms with Crippen molar-refractivity contribution in [1.82, 2.24) is 16.0 Å². The molecule has 0 saturated heterocycles. The van der Waals surface area contributed by atoms with Crippen molar-refractivity contribution in [2.24, 2.45) is 17.4 Å². The molecule has 30 heavy (non-hydrogen) atoms. The number of thioether (sulfide) groups is 1. The van der Waals surface area contributed by atoms with E-state index in [1.165, 1.54) is 11.8 Å². The molecule has 13 heteroatoms. The van der Waals surface area contributed by atoms with E-state index < -0.39 is 60.2 Å². The molecule has 0 aromatic heterocycles. The van der Waals surface area contributed by atoms with Crippen molar-refractivity contribution in [1.29, 1.82) is 0 Å². The van der Waals surface area contributed by atoms with E-state index in [1.807, 2.05) is 6.26 Å². The predicted octanol–water partition coefficient (Wildman–Crippen LogP) is -1.93. The van der Waals surface area contributed by atoms with Gasteiger partial charge < -0.3 is 32.5 Å². The number of primary amides is 1. The molecule has 0 bridgehead atoms. The Kier molecular flexibility index (Phi) is 13.2. The molecule has 4 atom stereocenters. The number of rotatable bonds is 14. The Hall–Kier alpha value is -1.99. The number of carboxylic acids is 1. The zero-order valence-corrected chi connectivity index (χ0v) is 18.9. The van der Waals surface area contributed by atoms with Crippen molar-refractivity contribution < 1.29 is 29.1 Å². The van der Waals surface area contributed by atoms with E-state index >= 15 is 0 Å². The van der Waals surface area contributed by atoms with Crippen molar-refractivity contribution in [3.63, 3.8) is 0 Å². The van der Waals surface area contributed by atoms with Crippen molar-refractivity contribution in [3.8, 4) is 0 Å². The van der Waals surface area contributed by atoms with Crippen LogP contribution in [0, 0.1) is 5.92 Å². The number of carbonyl (C=O) groups excluding carboxylic acids is 4. The normalized spacial score (nSPS) is 14.9. The van der Waals surface area contributed by atoms with Gasteiger partial charge in [0.2, 0.25) is 23.6 Å². The van der Waals surface area contributed by atoms with Crippen molar-refractivity contribution in [2.45, 2.75) is 50.9 Å². The molecule has 172 valence electrons. The minimum atomic E-state index is -1.23. The first-order valence-electron chi connectivity index (χ1n) is 9.22. The minimum absolute atomic E-state index is 0.0958. The number of carboxylic acid groups (broad SMARTS) is 1. The van der Waals surface area contributed by atoms with Gasteiger partial charge in [-0.15, -0.1) is 0 Å². The van der Waals surface area contributed by atoms with Crippen LogP contribution in [0.1, 0.15) is 26.7 Å². The van der Waals surface area contributed by atoms with Crippen LogP contribution in [0.2, 0.25) is 0 Å². The Morgan fingerprint density at radius 1 is 1.00 bits per heavy atom. The summed E-state index contributed by atoms with van der Waals surface area (Å²) >= 11 is 5.48. The SMILES string of the molecule is CSCCC(NC(=O)C(CS)NC(=O)C(N)CC(N)=O)C(=O)NC(C(=O)O)C(C)C. The molecular formula is C17H31N5O6S2. The third kappa shape index (κ3) is 10.2. The monoisotopic (exact) mass is 465 g/mol. The Labute approximate surface area is 185 Å². The third-order valence-corrected chi connectivity index (χ3v) is 5.06. The summed E-state index contributed by atoms with van der Waals surface area (Å²) in [6.07, 6.45) is 1.68. The molecule has 0 aliphatic heterocycles. The number of nitrogens with one attached hydrogen (secondary N) is 3. The van der Waals surface area contributed by atoms with E-state index in [4.69, 9.17) is 11.5 Å². The lowest BCUT2D eigenvalue weighted by atomic mass is 10.0. The van der Waals surface area contributed by atoms with Gasteiger partial charge in [-0.05, 0) is 24.3 Å². The standard InChI is InChI=1S/C17H31N5O6S2/c1-8(2)13(17(27)28)22-15(25)10(4-5-30-3)20-16(26)11(7-29)21-14(24)9(18)6-12(19)23/h8-11,13,29H,4-7,18H2,1-3H3,(H2,19,23)(H,20,26)(H,21,24)(H,22,25)(H,27,28). The minimum Gasteiger partial charge on any atom is -0.480 e. The smallest absolute Gasteiger partial charge is 0.326 e. The van der Waals surface area contributed by atoms with Crippen molar-refractivity contribution in [3.05, 3.63) is 0 Å². The molecule has 0 spiro atoms.